The molecule has 0 spiro atoms. The normalized spacial score (nSPS) is 19.0. The van der Waals surface area contributed by atoms with Gasteiger partial charge in [0.15, 0.2) is 5.78 Å². The van der Waals surface area contributed by atoms with Crippen molar-refractivity contribution in [3.8, 4) is 0 Å². The van der Waals surface area contributed by atoms with Gasteiger partial charge in [-0.15, -0.1) is 0 Å². The maximum absolute atomic E-state index is 15.0. The Labute approximate surface area is 197 Å². The minimum atomic E-state index is -0.579. The van der Waals surface area contributed by atoms with Crippen molar-refractivity contribution in [2.75, 3.05) is 55.7 Å². The van der Waals surface area contributed by atoms with Crippen molar-refractivity contribution in [1.82, 2.24) is 10.4 Å². The number of amides is 2. The molecule has 34 heavy (non-hydrogen) atoms. The zero-order chi connectivity index (χ0) is 24.1. The minimum absolute atomic E-state index is 0.0427. The number of hydroxylamine groups is 2. The van der Waals surface area contributed by atoms with Crippen LogP contribution in [0.5, 0.6) is 0 Å². The van der Waals surface area contributed by atoms with E-state index in [0.29, 0.717) is 43.2 Å². The highest BCUT2D eigenvalue weighted by Crippen LogP contribution is 2.28. The molecule has 2 aromatic carbocycles. The van der Waals surface area contributed by atoms with E-state index in [4.69, 9.17) is 9.57 Å². The third kappa shape index (κ3) is 5.70. The lowest BCUT2D eigenvalue weighted by Crippen LogP contribution is -2.34. The number of cyclic esters (lactones) is 1. The van der Waals surface area contributed by atoms with Gasteiger partial charge in [-0.05, 0) is 18.2 Å². The molecule has 2 saturated heterocycles. The number of hydrogen-bond donors (Lipinski definition) is 1. The summed E-state index contributed by atoms with van der Waals surface area (Å²) >= 11 is 0. The average Bonchev–Trinajstić information content (AvgIpc) is 3.05. The fourth-order valence-electron chi connectivity index (χ4n) is 3.95. The fraction of sp³-hybridized carbons (Fsp3) is 0.375. The smallest absolute Gasteiger partial charge is 0.414 e. The van der Waals surface area contributed by atoms with Gasteiger partial charge in [0.2, 0.25) is 5.91 Å². The Kier molecular flexibility index (Phi) is 7.39. The second kappa shape index (κ2) is 10.6. The van der Waals surface area contributed by atoms with E-state index in [9.17, 15) is 14.4 Å². The molecule has 1 N–H and O–H groups in total. The highest BCUT2D eigenvalue weighted by Gasteiger charge is 2.33. The largest absolute Gasteiger partial charge is 0.442 e. The third-order valence-corrected chi connectivity index (χ3v) is 5.71. The molecule has 2 fully saturated rings. The minimum Gasteiger partial charge on any atom is -0.442 e. The van der Waals surface area contributed by atoms with Crippen molar-refractivity contribution in [2.45, 2.75) is 13.0 Å². The monoisotopic (exact) mass is 470 g/mol. The molecule has 10 heteroatoms. The predicted molar refractivity (Wildman–Crippen MR) is 123 cm³/mol. The number of anilines is 2. The topological polar surface area (TPSA) is 91.4 Å². The number of halogens is 1. The van der Waals surface area contributed by atoms with E-state index in [1.54, 1.807) is 29.3 Å². The molecule has 0 radical (unpaired) electrons. The molecule has 2 heterocycles. The van der Waals surface area contributed by atoms with Gasteiger partial charge in [-0.25, -0.2) is 9.18 Å². The number of nitrogens with one attached hydrogen (secondary N) is 1. The van der Waals surface area contributed by atoms with E-state index >= 15 is 4.39 Å². The molecule has 4 rings (SSSR count). The van der Waals surface area contributed by atoms with Crippen LogP contribution in [0.15, 0.2) is 48.5 Å². The highest BCUT2D eigenvalue weighted by molar-refractivity contribution is 5.97. The second-order valence-corrected chi connectivity index (χ2v) is 8.16. The van der Waals surface area contributed by atoms with Gasteiger partial charge in [-0.3, -0.25) is 19.3 Å². The van der Waals surface area contributed by atoms with Gasteiger partial charge in [0.25, 0.3) is 0 Å². The first-order valence-corrected chi connectivity index (χ1v) is 11.1. The maximum Gasteiger partial charge on any atom is 0.414 e. The van der Waals surface area contributed by atoms with Crippen molar-refractivity contribution >= 4 is 29.2 Å². The first kappa shape index (κ1) is 23.7. The summed E-state index contributed by atoms with van der Waals surface area (Å²) in [6, 6.07) is 13.6. The van der Waals surface area contributed by atoms with E-state index in [-0.39, 0.29) is 31.3 Å². The Bertz CT molecular complexity index is 1050. The fourth-order valence-corrected chi connectivity index (χ4v) is 3.95. The molecule has 0 aromatic heterocycles. The van der Waals surface area contributed by atoms with Crippen molar-refractivity contribution in [3.63, 3.8) is 0 Å². The molecular formula is C24H27FN4O5. The number of hydrogen-bond acceptors (Lipinski definition) is 7. The van der Waals surface area contributed by atoms with Gasteiger partial charge in [-0.2, -0.15) is 5.06 Å². The molecule has 2 aliphatic heterocycles. The Morgan fingerprint density at radius 1 is 1.12 bits per heavy atom. The van der Waals surface area contributed by atoms with Crippen LogP contribution in [0, 0.1) is 5.82 Å². The standard InChI is InChI=1S/C24H27FN4O5/c1-17(30)26-14-20-15-29(24(32)34-20)19-7-8-22(21(25)13-19)27-9-10-28(33-12-11-27)16-23(31)18-5-3-2-4-6-18/h2-8,13,20H,9-12,14-16H2,1H3,(H,26,30). The third-order valence-electron chi connectivity index (χ3n) is 5.71. The lowest BCUT2D eigenvalue weighted by Gasteiger charge is -2.24. The van der Waals surface area contributed by atoms with Gasteiger partial charge in [-0.1, -0.05) is 30.3 Å². The van der Waals surface area contributed by atoms with Crippen LogP contribution < -0.4 is 15.1 Å². The van der Waals surface area contributed by atoms with Crippen LogP contribution in [-0.4, -0.2) is 74.8 Å². The van der Waals surface area contributed by atoms with Crippen LogP contribution in [0.4, 0.5) is 20.6 Å². The van der Waals surface area contributed by atoms with Crippen LogP contribution in [0.1, 0.15) is 17.3 Å². The average molecular weight is 471 g/mol. The van der Waals surface area contributed by atoms with Gasteiger partial charge in [0.05, 0.1) is 37.6 Å². The molecule has 2 aromatic rings. The van der Waals surface area contributed by atoms with Gasteiger partial charge >= 0.3 is 6.09 Å². The molecule has 9 nitrogen and oxygen atoms in total. The van der Waals surface area contributed by atoms with E-state index in [2.05, 4.69) is 5.32 Å². The van der Waals surface area contributed by atoms with Crippen molar-refractivity contribution in [1.29, 1.82) is 0 Å². The van der Waals surface area contributed by atoms with Gasteiger partial charge in [0.1, 0.15) is 11.9 Å². The number of rotatable bonds is 7. The Hall–Kier alpha value is -3.50. The van der Waals surface area contributed by atoms with Crippen LogP contribution in [-0.2, 0) is 14.4 Å². The zero-order valence-corrected chi connectivity index (χ0v) is 18.9. The number of nitrogens with zero attached hydrogens (tertiary/aromatic N) is 3. The van der Waals surface area contributed by atoms with Crippen LogP contribution in [0.3, 0.4) is 0 Å². The molecule has 0 aliphatic carbocycles. The van der Waals surface area contributed by atoms with E-state index in [1.807, 2.05) is 23.1 Å². The summed E-state index contributed by atoms with van der Waals surface area (Å²) in [5.41, 5.74) is 1.40. The van der Waals surface area contributed by atoms with E-state index < -0.39 is 18.0 Å². The summed E-state index contributed by atoms with van der Waals surface area (Å²) in [5, 5.41) is 4.22. The Balaban J connectivity index is 1.36. The lowest BCUT2D eigenvalue weighted by atomic mass is 10.1. The summed E-state index contributed by atoms with van der Waals surface area (Å²) in [4.78, 5) is 44.7. The number of carbonyl (C=O) groups is 3. The molecule has 1 unspecified atom stereocenters. The molecule has 2 aliphatic rings. The lowest BCUT2D eigenvalue weighted by molar-refractivity contribution is -0.139. The number of benzene rings is 2. The molecular weight excluding hydrogens is 443 g/mol. The van der Waals surface area contributed by atoms with Crippen LogP contribution in [0.25, 0.3) is 0 Å². The zero-order valence-electron chi connectivity index (χ0n) is 18.9. The SMILES string of the molecule is CC(=O)NCC1CN(c2ccc(N3CCON(CC(=O)c4ccccc4)CC3)c(F)c2)C(=O)O1. The number of ether oxygens (including phenoxy) is 1. The predicted octanol–water partition coefficient (Wildman–Crippen LogP) is 2.22. The molecule has 0 bridgehead atoms. The molecule has 2 amide bonds. The number of ketones is 1. The van der Waals surface area contributed by atoms with Gasteiger partial charge < -0.3 is 15.0 Å². The summed E-state index contributed by atoms with van der Waals surface area (Å²) in [6.45, 7) is 3.61. The molecule has 1 atom stereocenters. The maximum atomic E-state index is 15.0. The van der Waals surface area contributed by atoms with Gasteiger partial charge in [0, 0.05) is 32.1 Å². The van der Waals surface area contributed by atoms with Crippen molar-refractivity contribution < 1.29 is 28.3 Å². The van der Waals surface area contributed by atoms with E-state index in [1.165, 1.54) is 17.9 Å². The summed E-state index contributed by atoms with van der Waals surface area (Å²) in [7, 11) is 0. The first-order chi connectivity index (χ1) is 16.4. The van der Waals surface area contributed by atoms with Crippen molar-refractivity contribution in [3.05, 3.63) is 59.9 Å². The molecule has 180 valence electrons. The summed E-state index contributed by atoms with van der Waals surface area (Å²) < 4.78 is 20.3. The van der Waals surface area contributed by atoms with Crippen LogP contribution in [0.2, 0.25) is 0 Å². The van der Waals surface area contributed by atoms with E-state index in [0.717, 1.165) is 0 Å². The van der Waals surface area contributed by atoms with Crippen molar-refractivity contribution in [2.24, 2.45) is 0 Å². The quantitative estimate of drug-likeness (QED) is 0.621. The Morgan fingerprint density at radius 3 is 2.65 bits per heavy atom. The number of carbonyl (C=O) groups excluding carboxylic acids is 3. The molecule has 0 saturated carbocycles. The number of Topliss-reactive ketones (excluding diaryl/α,β-unsaturated/α-hetero) is 1. The van der Waals surface area contributed by atoms with Crippen LogP contribution >= 0.6 is 0 Å². The summed E-state index contributed by atoms with van der Waals surface area (Å²) in [6.07, 6.45) is -1.07. The Morgan fingerprint density at radius 2 is 1.91 bits per heavy atom. The summed E-state index contributed by atoms with van der Waals surface area (Å²) in [5.74, 6) is -0.724. The highest BCUT2D eigenvalue weighted by atomic mass is 19.1. The first-order valence-electron chi connectivity index (χ1n) is 11.1. The second-order valence-electron chi connectivity index (χ2n) is 8.16.